The van der Waals surface area contributed by atoms with Gasteiger partial charge in [-0.1, -0.05) is 6.92 Å². The van der Waals surface area contributed by atoms with Crippen molar-refractivity contribution in [3.05, 3.63) is 29.7 Å². The summed E-state index contributed by atoms with van der Waals surface area (Å²) in [5, 5.41) is 4.11. The van der Waals surface area contributed by atoms with Crippen molar-refractivity contribution in [3.63, 3.8) is 0 Å². The van der Waals surface area contributed by atoms with Crippen molar-refractivity contribution in [2.45, 2.75) is 20.3 Å². The van der Waals surface area contributed by atoms with Crippen LogP contribution >= 0.6 is 0 Å². The SMILES string of the molecule is CCc1nc2ccnn2cc1C. The van der Waals surface area contributed by atoms with E-state index in [1.807, 2.05) is 12.3 Å². The molecule has 0 aliphatic carbocycles. The first-order valence-corrected chi connectivity index (χ1v) is 4.11. The Balaban J connectivity index is 2.73. The second-order valence-corrected chi connectivity index (χ2v) is 2.86. The third-order valence-corrected chi connectivity index (χ3v) is 2.00. The van der Waals surface area contributed by atoms with E-state index in [9.17, 15) is 0 Å². The van der Waals surface area contributed by atoms with Gasteiger partial charge in [0, 0.05) is 18.0 Å². The zero-order valence-electron chi connectivity index (χ0n) is 7.28. The van der Waals surface area contributed by atoms with Crippen molar-refractivity contribution in [2.24, 2.45) is 0 Å². The quantitative estimate of drug-likeness (QED) is 0.636. The highest BCUT2D eigenvalue weighted by Gasteiger charge is 2.00. The average Bonchev–Trinajstić information content (AvgIpc) is 2.49. The molecule has 0 fully saturated rings. The van der Waals surface area contributed by atoms with Crippen LogP contribution in [0.2, 0.25) is 0 Å². The third kappa shape index (κ3) is 0.978. The minimum Gasteiger partial charge on any atom is -0.233 e. The standard InChI is InChI=1S/C9H11N3/c1-3-8-7(2)6-12-9(11-8)4-5-10-12/h4-6H,3H2,1-2H3. The van der Waals surface area contributed by atoms with Gasteiger partial charge in [-0.05, 0) is 18.9 Å². The van der Waals surface area contributed by atoms with Gasteiger partial charge >= 0.3 is 0 Å². The molecule has 0 saturated heterocycles. The molecule has 2 aromatic heterocycles. The summed E-state index contributed by atoms with van der Waals surface area (Å²) in [7, 11) is 0. The Morgan fingerprint density at radius 3 is 3.08 bits per heavy atom. The fourth-order valence-corrected chi connectivity index (χ4v) is 1.34. The van der Waals surface area contributed by atoms with Crippen molar-refractivity contribution in [1.29, 1.82) is 0 Å². The van der Waals surface area contributed by atoms with Crippen molar-refractivity contribution >= 4 is 5.65 Å². The predicted molar refractivity (Wildman–Crippen MR) is 47.1 cm³/mol. The number of aryl methyl sites for hydroxylation is 2. The molecule has 0 unspecified atom stereocenters. The summed E-state index contributed by atoms with van der Waals surface area (Å²) in [4.78, 5) is 4.45. The van der Waals surface area contributed by atoms with Crippen LogP contribution in [0, 0.1) is 6.92 Å². The number of nitrogens with zero attached hydrogens (tertiary/aromatic N) is 3. The van der Waals surface area contributed by atoms with E-state index in [0.717, 1.165) is 17.8 Å². The maximum atomic E-state index is 4.45. The molecule has 2 rings (SSSR count). The van der Waals surface area contributed by atoms with Crippen molar-refractivity contribution in [1.82, 2.24) is 14.6 Å². The van der Waals surface area contributed by atoms with Gasteiger partial charge in [0.15, 0.2) is 5.65 Å². The molecular formula is C9H11N3. The topological polar surface area (TPSA) is 30.2 Å². The van der Waals surface area contributed by atoms with Crippen LogP contribution in [0.5, 0.6) is 0 Å². The zero-order valence-corrected chi connectivity index (χ0v) is 7.28. The first-order chi connectivity index (χ1) is 5.81. The maximum Gasteiger partial charge on any atom is 0.155 e. The number of rotatable bonds is 1. The van der Waals surface area contributed by atoms with Gasteiger partial charge in [0.1, 0.15) is 0 Å². The lowest BCUT2D eigenvalue weighted by Gasteiger charge is -2.01. The van der Waals surface area contributed by atoms with E-state index >= 15 is 0 Å². The molecule has 0 atom stereocenters. The maximum absolute atomic E-state index is 4.45. The molecule has 3 heteroatoms. The Morgan fingerprint density at radius 2 is 2.33 bits per heavy atom. The molecule has 12 heavy (non-hydrogen) atoms. The summed E-state index contributed by atoms with van der Waals surface area (Å²) in [6.45, 7) is 4.18. The van der Waals surface area contributed by atoms with Crippen LogP contribution in [0.1, 0.15) is 18.2 Å². The van der Waals surface area contributed by atoms with Gasteiger partial charge in [-0.2, -0.15) is 5.10 Å². The highest BCUT2D eigenvalue weighted by Crippen LogP contribution is 2.07. The monoisotopic (exact) mass is 161 g/mol. The molecule has 2 heterocycles. The summed E-state index contributed by atoms with van der Waals surface area (Å²) in [6.07, 6.45) is 4.76. The van der Waals surface area contributed by atoms with Crippen molar-refractivity contribution in [3.8, 4) is 0 Å². The molecule has 2 aromatic rings. The van der Waals surface area contributed by atoms with Crippen LogP contribution in [0.15, 0.2) is 18.5 Å². The fourth-order valence-electron chi connectivity index (χ4n) is 1.34. The number of hydrogen-bond donors (Lipinski definition) is 0. The van der Waals surface area contributed by atoms with E-state index in [1.165, 1.54) is 5.56 Å². The van der Waals surface area contributed by atoms with Crippen molar-refractivity contribution < 1.29 is 0 Å². The highest BCUT2D eigenvalue weighted by molar-refractivity contribution is 5.38. The summed E-state index contributed by atoms with van der Waals surface area (Å²) in [6, 6.07) is 1.92. The lowest BCUT2D eigenvalue weighted by atomic mass is 10.2. The van der Waals surface area contributed by atoms with Gasteiger partial charge in [-0.3, -0.25) is 0 Å². The van der Waals surface area contributed by atoms with Crippen LogP contribution in [-0.2, 0) is 6.42 Å². The molecule has 0 amide bonds. The summed E-state index contributed by atoms with van der Waals surface area (Å²) in [5.74, 6) is 0. The van der Waals surface area contributed by atoms with E-state index in [-0.39, 0.29) is 0 Å². The van der Waals surface area contributed by atoms with Crippen LogP contribution < -0.4 is 0 Å². The minimum atomic E-state index is 0.928. The lowest BCUT2D eigenvalue weighted by molar-refractivity contribution is 0.894. The van der Waals surface area contributed by atoms with Gasteiger partial charge in [-0.15, -0.1) is 0 Å². The smallest absolute Gasteiger partial charge is 0.155 e. The average molecular weight is 161 g/mol. The molecule has 0 radical (unpaired) electrons. The predicted octanol–water partition coefficient (Wildman–Crippen LogP) is 1.60. The largest absolute Gasteiger partial charge is 0.233 e. The van der Waals surface area contributed by atoms with Gasteiger partial charge in [0.2, 0.25) is 0 Å². The Hall–Kier alpha value is -1.38. The van der Waals surface area contributed by atoms with E-state index in [4.69, 9.17) is 0 Å². The van der Waals surface area contributed by atoms with E-state index in [1.54, 1.807) is 10.7 Å². The molecule has 0 aromatic carbocycles. The number of fused-ring (bicyclic) bond motifs is 1. The molecule has 62 valence electrons. The van der Waals surface area contributed by atoms with Crippen molar-refractivity contribution in [2.75, 3.05) is 0 Å². The minimum absolute atomic E-state index is 0.928. The number of aromatic nitrogens is 3. The molecule has 0 aliphatic heterocycles. The molecule has 0 aliphatic rings. The summed E-state index contributed by atoms with van der Waals surface area (Å²) < 4.78 is 1.80. The number of hydrogen-bond acceptors (Lipinski definition) is 2. The summed E-state index contributed by atoms with van der Waals surface area (Å²) >= 11 is 0. The van der Waals surface area contributed by atoms with Crippen LogP contribution in [0.4, 0.5) is 0 Å². The molecule has 0 N–H and O–H groups in total. The highest BCUT2D eigenvalue weighted by atomic mass is 15.2. The van der Waals surface area contributed by atoms with Crippen LogP contribution in [0.3, 0.4) is 0 Å². The molecule has 0 bridgehead atoms. The van der Waals surface area contributed by atoms with Gasteiger partial charge in [0.05, 0.1) is 6.20 Å². The first kappa shape index (κ1) is 7.28. The Bertz CT molecular complexity index is 403. The molecular weight excluding hydrogens is 150 g/mol. The van der Waals surface area contributed by atoms with E-state index < -0.39 is 0 Å². The third-order valence-electron chi connectivity index (χ3n) is 2.00. The second-order valence-electron chi connectivity index (χ2n) is 2.86. The molecule has 0 spiro atoms. The van der Waals surface area contributed by atoms with E-state index in [0.29, 0.717) is 0 Å². The molecule has 0 saturated carbocycles. The fraction of sp³-hybridized carbons (Fsp3) is 0.333. The second kappa shape index (κ2) is 2.59. The van der Waals surface area contributed by atoms with Gasteiger partial charge < -0.3 is 0 Å². The van der Waals surface area contributed by atoms with Gasteiger partial charge in [0.25, 0.3) is 0 Å². The Labute approximate surface area is 71.1 Å². The normalized spacial score (nSPS) is 10.8. The Kier molecular flexibility index (Phi) is 1.57. The van der Waals surface area contributed by atoms with E-state index in [2.05, 4.69) is 23.9 Å². The van der Waals surface area contributed by atoms with Gasteiger partial charge in [-0.25, -0.2) is 9.50 Å². The van der Waals surface area contributed by atoms with Crippen LogP contribution in [0.25, 0.3) is 5.65 Å². The Morgan fingerprint density at radius 1 is 1.50 bits per heavy atom. The zero-order chi connectivity index (χ0) is 8.55. The summed E-state index contributed by atoms with van der Waals surface area (Å²) in [5.41, 5.74) is 3.29. The van der Waals surface area contributed by atoms with Crippen LogP contribution in [-0.4, -0.2) is 14.6 Å². The lowest BCUT2D eigenvalue weighted by Crippen LogP contribution is -1.97. The first-order valence-electron chi connectivity index (χ1n) is 4.11. The molecule has 3 nitrogen and oxygen atoms in total.